The van der Waals surface area contributed by atoms with E-state index >= 15 is 0 Å². The normalized spacial score (nSPS) is 12.0. The molecule has 0 aliphatic carbocycles. The Morgan fingerprint density at radius 3 is 2.45 bits per heavy atom. The minimum absolute atomic E-state index is 0.282. The number of alkyl halides is 1. The highest BCUT2D eigenvalue weighted by molar-refractivity contribution is 6.21. The Kier molecular flexibility index (Phi) is 4.74. The summed E-state index contributed by atoms with van der Waals surface area (Å²) in [7, 11) is 4.73. The maximum absolute atomic E-state index is 6.47. The summed E-state index contributed by atoms with van der Waals surface area (Å²) in [5.74, 6) is 2.55. The van der Waals surface area contributed by atoms with E-state index in [-0.39, 0.29) is 5.38 Å². The predicted molar refractivity (Wildman–Crippen MR) is 77.0 cm³/mol. The minimum Gasteiger partial charge on any atom is -0.493 e. The van der Waals surface area contributed by atoms with Crippen LogP contribution in [0.4, 0.5) is 0 Å². The Morgan fingerprint density at radius 2 is 1.90 bits per heavy atom. The summed E-state index contributed by atoms with van der Waals surface area (Å²) in [6.45, 7) is 0. The molecule has 0 fully saturated rings. The van der Waals surface area contributed by atoms with Crippen molar-refractivity contribution in [3.63, 3.8) is 0 Å². The molecule has 0 bridgehead atoms. The molecule has 0 aliphatic heterocycles. The number of benzene rings is 1. The molecule has 2 aromatic rings. The van der Waals surface area contributed by atoms with Crippen molar-refractivity contribution in [2.24, 2.45) is 0 Å². The van der Waals surface area contributed by atoms with Crippen LogP contribution in [0, 0.1) is 0 Å². The summed E-state index contributed by atoms with van der Waals surface area (Å²) in [6, 6.07) is 3.69. The quantitative estimate of drug-likeness (QED) is 0.833. The highest BCUT2D eigenvalue weighted by Crippen LogP contribution is 2.44. The molecular weight excluding hydrogens is 280 g/mol. The third kappa shape index (κ3) is 2.82. The van der Waals surface area contributed by atoms with Gasteiger partial charge in [-0.25, -0.2) is 4.98 Å². The fourth-order valence-corrected chi connectivity index (χ4v) is 2.38. The maximum Gasteiger partial charge on any atom is 0.203 e. The molecule has 1 unspecified atom stereocenters. The molecule has 0 saturated carbocycles. The Morgan fingerprint density at radius 1 is 1.15 bits per heavy atom. The molecule has 1 N–H and O–H groups in total. The van der Waals surface area contributed by atoms with Gasteiger partial charge in [0, 0.05) is 24.4 Å². The van der Waals surface area contributed by atoms with Crippen molar-refractivity contribution < 1.29 is 14.2 Å². The van der Waals surface area contributed by atoms with E-state index in [0.29, 0.717) is 23.7 Å². The van der Waals surface area contributed by atoms with E-state index in [1.54, 1.807) is 33.7 Å². The van der Waals surface area contributed by atoms with Gasteiger partial charge in [-0.3, -0.25) is 0 Å². The molecule has 6 heteroatoms. The van der Waals surface area contributed by atoms with E-state index in [0.717, 1.165) is 11.4 Å². The minimum atomic E-state index is -0.282. The average molecular weight is 297 g/mol. The van der Waals surface area contributed by atoms with Crippen molar-refractivity contribution in [3.05, 3.63) is 35.9 Å². The van der Waals surface area contributed by atoms with Crippen LogP contribution in [0.25, 0.3) is 0 Å². The molecule has 0 spiro atoms. The molecule has 0 aliphatic rings. The molecule has 1 aromatic carbocycles. The van der Waals surface area contributed by atoms with Crippen molar-refractivity contribution in [3.8, 4) is 17.2 Å². The van der Waals surface area contributed by atoms with Crippen molar-refractivity contribution in [2.45, 2.75) is 11.8 Å². The molecule has 20 heavy (non-hydrogen) atoms. The van der Waals surface area contributed by atoms with E-state index < -0.39 is 0 Å². The lowest BCUT2D eigenvalue weighted by molar-refractivity contribution is 0.322. The van der Waals surface area contributed by atoms with E-state index in [4.69, 9.17) is 25.8 Å². The molecule has 2 rings (SSSR count). The smallest absolute Gasteiger partial charge is 0.203 e. The highest BCUT2D eigenvalue weighted by Gasteiger charge is 2.21. The summed E-state index contributed by atoms with van der Waals surface area (Å²) in [5.41, 5.74) is 0.836. The zero-order chi connectivity index (χ0) is 14.5. The monoisotopic (exact) mass is 296 g/mol. The van der Waals surface area contributed by atoms with Crippen LogP contribution < -0.4 is 14.2 Å². The van der Waals surface area contributed by atoms with Crippen LogP contribution in [0.3, 0.4) is 0 Å². The molecular formula is C14H17ClN2O3. The molecule has 0 saturated heterocycles. The average Bonchev–Trinajstić information content (AvgIpc) is 2.98. The van der Waals surface area contributed by atoms with Gasteiger partial charge in [0.1, 0.15) is 5.82 Å². The van der Waals surface area contributed by atoms with Crippen LogP contribution in [-0.2, 0) is 6.42 Å². The van der Waals surface area contributed by atoms with E-state index in [9.17, 15) is 0 Å². The maximum atomic E-state index is 6.47. The summed E-state index contributed by atoms with van der Waals surface area (Å²) in [5, 5.41) is -0.282. The number of nitrogens with one attached hydrogen (secondary N) is 1. The lowest BCUT2D eigenvalue weighted by Crippen LogP contribution is -2.03. The fourth-order valence-electron chi connectivity index (χ4n) is 2.06. The van der Waals surface area contributed by atoms with Gasteiger partial charge in [-0.05, 0) is 12.1 Å². The van der Waals surface area contributed by atoms with Crippen molar-refractivity contribution in [1.82, 2.24) is 9.97 Å². The second kappa shape index (κ2) is 6.52. The molecule has 5 nitrogen and oxygen atoms in total. The topological polar surface area (TPSA) is 56.4 Å². The predicted octanol–water partition coefficient (Wildman–Crippen LogP) is 2.96. The second-order valence-electron chi connectivity index (χ2n) is 4.13. The van der Waals surface area contributed by atoms with Crippen LogP contribution >= 0.6 is 11.6 Å². The van der Waals surface area contributed by atoms with Gasteiger partial charge in [-0.2, -0.15) is 0 Å². The Labute approximate surface area is 122 Å². The van der Waals surface area contributed by atoms with Crippen LogP contribution in [0.5, 0.6) is 17.2 Å². The number of aromatic nitrogens is 2. The van der Waals surface area contributed by atoms with Crippen LogP contribution in [0.15, 0.2) is 24.5 Å². The molecule has 0 radical (unpaired) electrons. The SMILES string of the molecule is COc1ccc(C(Cl)Cc2ncc[nH]2)c(OC)c1OC. The van der Waals surface area contributed by atoms with Gasteiger partial charge in [-0.15, -0.1) is 11.6 Å². The summed E-state index contributed by atoms with van der Waals surface area (Å²) in [6.07, 6.45) is 4.04. The lowest BCUT2D eigenvalue weighted by Gasteiger charge is -2.18. The van der Waals surface area contributed by atoms with Gasteiger partial charge in [-0.1, -0.05) is 0 Å². The molecule has 1 atom stereocenters. The van der Waals surface area contributed by atoms with Crippen molar-refractivity contribution in [1.29, 1.82) is 0 Å². The highest BCUT2D eigenvalue weighted by atomic mass is 35.5. The molecule has 0 amide bonds. The third-order valence-electron chi connectivity index (χ3n) is 3.00. The number of methoxy groups -OCH3 is 3. The number of hydrogen-bond acceptors (Lipinski definition) is 4. The number of imidazole rings is 1. The largest absolute Gasteiger partial charge is 0.493 e. The van der Waals surface area contributed by atoms with Gasteiger partial charge in [0.25, 0.3) is 0 Å². The van der Waals surface area contributed by atoms with Gasteiger partial charge < -0.3 is 19.2 Å². The Bertz CT molecular complexity index is 558. The van der Waals surface area contributed by atoms with Gasteiger partial charge >= 0.3 is 0 Å². The third-order valence-corrected chi connectivity index (χ3v) is 3.39. The Balaban J connectivity index is 2.35. The summed E-state index contributed by atoms with van der Waals surface area (Å²) < 4.78 is 16.0. The Hall–Kier alpha value is -1.88. The number of H-pyrrole nitrogens is 1. The summed E-state index contributed by atoms with van der Waals surface area (Å²) >= 11 is 6.47. The molecule has 1 heterocycles. The van der Waals surface area contributed by atoms with Gasteiger partial charge in [0.2, 0.25) is 5.75 Å². The first-order valence-electron chi connectivity index (χ1n) is 6.12. The molecule has 108 valence electrons. The first kappa shape index (κ1) is 14.5. The molecule has 1 aromatic heterocycles. The standard InChI is InChI=1S/C14H17ClN2O3/c1-18-11-5-4-9(13(19-2)14(11)20-3)10(15)8-12-16-6-7-17-12/h4-7,10H,8H2,1-3H3,(H,16,17). The first-order valence-corrected chi connectivity index (χ1v) is 6.56. The zero-order valence-electron chi connectivity index (χ0n) is 11.6. The number of nitrogens with zero attached hydrogens (tertiary/aromatic N) is 1. The van der Waals surface area contributed by atoms with Gasteiger partial charge in [0.05, 0.1) is 26.7 Å². The summed E-state index contributed by atoms with van der Waals surface area (Å²) in [4.78, 5) is 7.21. The van der Waals surface area contributed by atoms with Crippen LogP contribution in [-0.4, -0.2) is 31.3 Å². The zero-order valence-corrected chi connectivity index (χ0v) is 12.4. The van der Waals surface area contributed by atoms with E-state index in [2.05, 4.69) is 9.97 Å². The van der Waals surface area contributed by atoms with E-state index in [1.165, 1.54) is 0 Å². The number of aromatic amines is 1. The lowest BCUT2D eigenvalue weighted by atomic mass is 10.1. The fraction of sp³-hybridized carbons (Fsp3) is 0.357. The number of rotatable bonds is 6. The van der Waals surface area contributed by atoms with E-state index in [1.807, 2.05) is 12.1 Å². The van der Waals surface area contributed by atoms with Crippen LogP contribution in [0.2, 0.25) is 0 Å². The van der Waals surface area contributed by atoms with Gasteiger partial charge in [0.15, 0.2) is 11.5 Å². The number of hydrogen-bond donors (Lipinski definition) is 1. The number of ether oxygens (including phenoxy) is 3. The number of halogens is 1. The first-order chi connectivity index (χ1) is 9.71. The second-order valence-corrected chi connectivity index (χ2v) is 4.66. The van der Waals surface area contributed by atoms with Crippen molar-refractivity contribution >= 4 is 11.6 Å². The van der Waals surface area contributed by atoms with Crippen LogP contribution in [0.1, 0.15) is 16.8 Å². The van der Waals surface area contributed by atoms with Crippen molar-refractivity contribution in [2.75, 3.05) is 21.3 Å².